The van der Waals surface area contributed by atoms with Gasteiger partial charge in [-0.25, -0.2) is 0 Å². The highest BCUT2D eigenvalue weighted by Gasteiger charge is 2.08. The maximum atomic E-state index is 11.8. The van der Waals surface area contributed by atoms with Gasteiger partial charge in [-0.2, -0.15) is 0 Å². The van der Waals surface area contributed by atoms with Crippen molar-refractivity contribution >= 4 is 29.9 Å². The number of hydrogen-bond acceptors (Lipinski definition) is 3. The van der Waals surface area contributed by atoms with Crippen molar-refractivity contribution in [3.05, 3.63) is 34.9 Å². The van der Waals surface area contributed by atoms with Gasteiger partial charge in [0.25, 0.3) is 0 Å². The molecule has 19 heavy (non-hydrogen) atoms. The topological polar surface area (TPSA) is 41.6 Å². The Morgan fingerprint density at radius 1 is 1.37 bits per heavy atom. The van der Waals surface area contributed by atoms with E-state index in [4.69, 9.17) is 16.3 Å². The number of rotatable bonds is 7. The van der Waals surface area contributed by atoms with Crippen LogP contribution in [0.3, 0.4) is 0 Å². The molecule has 0 spiro atoms. The van der Waals surface area contributed by atoms with Crippen LogP contribution in [-0.2, 0) is 16.1 Å². The fraction of sp³-hybridized carbons (Fsp3) is 0.462. The van der Waals surface area contributed by atoms with E-state index in [1.807, 2.05) is 24.3 Å². The van der Waals surface area contributed by atoms with E-state index in [0.29, 0.717) is 31.3 Å². The van der Waals surface area contributed by atoms with Gasteiger partial charge >= 0.3 is 0 Å². The quantitative estimate of drug-likeness (QED) is 0.783. The van der Waals surface area contributed by atoms with E-state index in [1.54, 1.807) is 19.1 Å². The zero-order valence-corrected chi connectivity index (χ0v) is 12.8. The molecule has 0 saturated heterocycles. The number of nitrogens with one attached hydrogen (secondary N) is 1. The van der Waals surface area contributed by atoms with Crippen LogP contribution < -0.4 is 5.32 Å². The van der Waals surface area contributed by atoms with Crippen LogP contribution in [0.1, 0.15) is 5.56 Å². The molecule has 0 aromatic heterocycles. The highest BCUT2D eigenvalue weighted by atomic mass is 35.5. The summed E-state index contributed by atoms with van der Waals surface area (Å²) in [5, 5.41) is 3.73. The molecule has 1 amide bonds. The van der Waals surface area contributed by atoms with E-state index < -0.39 is 0 Å². The minimum Gasteiger partial charge on any atom is -0.383 e. The molecule has 108 valence electrons. The SMILES string of the molecule is COCCNCC(=O)N(C)Cc1ccc(Cl)cc1.Cl. The van der Waals surface area contributed by atoms with Crippen LogP contribution in [0.5, 0.6) is 0 Å². The summed E-state index contributed by atoms with van der Waals surface area (Å²) in [6.45, 7) is 2.20. The summed E-state index contributed by atoms with van der Waals surface area (Å²) < 4.78 is 4.89. The van der Waals surface area contributed by atoms with E-state index in [9.17, 15) is 4.79 Å². The maximum absolute atomic E-state index is 11.8. The molecule has 0 aliphatic rings. The van der Waals surface area contributed by atoms with Crippen molar-refractivity contribution in [1.29, 1.82) is 0 Å². The number of amides is 1. The lowest BCUT2D eigenvalue weighted by atomic mass is 10.2. The number of ether oxygens (including phenoxy) is 1. The Morgan fingerprint density at radius 3 is 2.58 bits per heavy atom. The molecule has 0 aliphatic heterocycles. The largest absolute Gasteiger partial charge is 0.383 e. The first-order chi connectivity index (χ1) is 8.63. The minimum absolute atomic E-state index is 0. The minimum atomic E-state index is 0. The number of likely N-dealkylation sites (N-methyl/N-ethyl adjacent to an activating group) is 1. The smallest absolute Gasteiger partial charge is 0.236 e. The van der Waals surface area contributed by atoms with Gasteiger partial charge in [0, 0.05) is 32.3 Å². The summed E-state index contributed by atoms with van der Waals surface area (Å²) in [7, 11) is 3.42. The average molecular weight is 307 g/mol. The number of hydrogen-bond donors (Lipinski definition) is 1. The Balaban J connectivity index is 0.00000324. The van der Waals surface area contributed by atoms with Crippen molar-refractivity contribution in [2.45, 2.75) is 6.54 Å². The zero-order chi connectivity index (χ0) is 13.4. The Hall–Kier alpha value is -0.810. The molecule has 0 unspecified atom stereocenters. The predicted octanol–water partition coefficient (Wildman–Crippen LogP) is 1.96. The molecule has 1 rings (SSSR count). The highest BCUT2D eigenvalue weighted by Crippen LogP contribution is 2.10. The normalized spacial score (nSPS) is 9.84. The lowest BCUT2D eigenvalue weighted by Crippen LogP contribution is -2.36. The number of methoxy groups -OCH3 is 1. The molecule has 1 aromatic carbocycles. The first-order valence-electron chi connectivity index (χ1n) is 5.81. The van der Waals surface area contributed by atoms with Crippen LogP contribution in [-0.4, -0.2) is 44.7 Å². The van der Waals surface area contributed by atoms with Crippen LogP contribution in [0.4, 0.5) is 0 Å². The van der Waals surface area contributed by atoms with E-state index >= 15 is 0 Å². The second-order valence-electron chi connectivity index (χ2n) is 4.05. The van der Waals surface area contributed by atoms with Crippen molar-refractivity contribution in [3.8, 4) is 0 Å². The summed E-state index contributed by atoms with van der Waals surface area (Å²) in [6.07, 6.45) is 0. The average Bonchev–Trinajstić information content (AvgIpc) is 2.37. The number of carbonyl (C=O) groups excluding carboxylic acids is 1. The van der Waals surface area contributed by atoms with Crippen LogP contribution in [0, 0.1) is 0 Å². The van der Waals surface area contributed by atoms with Crippen LogP contribution >= 0.6 is 24.0 Å². The Morgan fingerprint density at radius 2 is 2.00 bits per heavy atom. The summed E-state index contributed by atoms with van der Waals surface area (Å²) in [4.78, 5) is 13.5. The second-order valence-corrected chi connectivity index (χ2v) is 4.48. The van der Waals surface area contributed by atoms with Gasteiger partial charge in [0.1, 0.15) is 0 Å². The van der Waals surface area contributed by atoms with Crippen molar-refractivity contribution in [1.82, 2.24) is 10.2 Å². The van der Waals surface area contributed by atoms with Crippen LogP contribution in [0.25, 0.3) is 0 Å². The Kier molecular flexibility index (Phi) is 9.61. The van der Waals surface area contributed by atoms with E-state index in [0.717, 1.165) is 5.56 Å². The highest BCUT2D eigenvalue weighted by molar-refractivity contribution is 6.30. The molecule has 4 nitrogen and oxygen atoms in total. The standard InChI is InChI=1S/C13H19ClN2O2.ClH/c1-16(13(17)9-15-7-8-18-2)10-11-3-5-12(14)6-4-11;/h3-6,15H,7-10H2,1-2H3;1H. The summed E-state index contributed by atoms with van der Waals surface area (Å²) in [6, 6.07) is 7.49. The molecule has 0 aliphatic carbocycles. The van der Waals surface area contributed by atoms with Crippen LogP contribution in [0.2, 0.25) is 5.02 Å². The van der Waals surface area contributed by atoms with E-state index in [2.05, 4.69) is 5.32 Å². The van der Waals surface area contributed by atoms with Crippen molar-refractivity contribution < 1.29 is 9.53 Å². The molecule has 0 saturated carbocycles. The van der Waals surface area contributed by atoms with Gasteiger partial charge in [-0.3, -0.25) is 4.79 Å². The fourth-order valence-electron chi connectivity index (χ4n) is 1.46. The van der Waals surface area contributed by atoms with E-state index in [-0.39, 0.29) is 18.3 Å². The molecule has 1 N–H and O–H groups in total. The first-order valence-corrected chi connectivity index (χ1v) is 6.19. The third-order valence-corrected chi connectivity index (χ3v) is 2.77. The van der Waals surface area contributed by atoms with Gasteiger partial charge in [0.05, 0.1) is 13.2 Å². The predicted molar refractivity (Wildman–Crippen MR) is 79.9 cm³/mol. The zero-order valence-electron chi connectivity index (χ0n) is 11.2. The molecule has 0 atom stereocenters. The number of carbonyl (C=O) groups is 1. The molecule has 1 aromatic rings. The molecule has 6 heteroatoms. The summed E-state index contributed by atoms with van der Waals surface area (Å²) in [5.74, 6) is 0.0565. The number of halogens is 2. The fourth-order valence-corrected chi connectivity index (χ4v) is 1.58. The van der Waals surface area contributed by atoms with Gasteiger partial charge in [-0.05, 0) is 17.7 Å². The lowest BCUT2D eigenvalue weighted by Gasteiger charge is -2.17. The molecule has 0 fully saturated rings. The third-order valence-electron chi connectivity index (χ3n) is 2.52. The van der Waals surface area contributed by atoms with E-state index in [1.165, 1.54) is 0 Å². The van der Waals surface area contributed by atoms with Gasteiger partial charge in [-0.15, -0.1) is 12.4 Å². The molecular formula is C13H20Cl2N2O2. The van der Waals surface area contributed by atoms with Gasteiger partial charge in [0.15, 0.2) is 0 Å². The third kappa shape index (κ3) is 7.38. The lowest BCUT2D eigenvalue weighted by molar-refractivity contribution is -0.129. The van der Waals surface area contributed by atoms with Crippen molar-refractivity contribution in [3.63, 3.8) is 0 Å². The monoisotopic (exact) mass is 306 g/mol. The molecule has 0 radical (unpaired) electrons. The van der Waals surface area contributed by atoms with Crippen LogP contribution in [0.15, 0.2) is 24.3 Å². The van der Waals surface area contributed by atoms with Gasteiger partial charge in [0.2, 0.25) is 5.91 Å². The second kappa shape index (κ2) is 10.0. The molecule has 0 heterocycles. The number of benzene rings is 1. The Labute approximate surface area is 125 Å². The van der Waals surface area contributed by atoms with Crippen molar-refractivity contribution in [2.24, 2.45) is 0 Å². The first kappa shape index (κ1) is 18.2. The maximum Gasteiger partial charge on any atom is 0.236 e. The van der Waals surface area contributed by atoms with Gasteiger partial charge in [-0.1, -0.05) is 23.7 Å². The number of nitrogens with zero attached hydrogens (tertiary/aromatic N) is 1. The van der Waals surface area contributed by atoms with Gasteiger partial charge < -0.3 is 15.0 Å². The molecule has 0 bridgehead atoms. The summed E-state index contributed by atoms with van der Waals surface area (Å²) >= 11 is 5.81. The Bertz CT molecular complexity index is 371. The summed E-state index contributed by atoms with van der Waals surface area (Å²) in [5.41, 5.74) is 1.06. The molecular weight excluding hydrogens is 287 g/mol. The van der Waals surface area contributed by atoms with Crippen molar-refractivity contribution in [2.75, 3.05) is 33.9 Å².